The van der Waals surface area contributed by atoms with E-state index in [0.717, 1.165) is 24.3 Å². The van der Waals surface area contributed by atoms with Crippen LogP contribution in [0.1, 0.15) is 11.5 Å². The summed E-state index contributed by atoms with van der Waals surface area (Å²) in [5.41, 5.74) is 7.51. The number of benzene rings is 1. The van der Waals surface area contributed by atoms with Gasteiger partial charge in [0.1, 0.15) is 0 Å². The first-order valence-electron chi connectivity index (χ1n) is 6.31. The first-order valence-corrected chi connectivity index (χ1v) is 6.31. The molecule has 3 rings (SSSR count). The first-order chi connectivity index (χ1) is 9.31. The van der Waals surface area contributed by atoms with E-state index in [1.54, 1.807) is 0 Å². The zero-order chi connectivity index (χ0) is 13.1. The molecule has 0 spiro atoms. The van der Waals surface area contributed by atoms with Crippen LogP contribution in [0, 0.1) is 0 Å². The largest absolute Gasteiger partial charge is 0.408 e. The molecule has 0 radical (unpaired) electrons. The molecule has 2 N–H and O–H groups in total. The molecule has 1 saturated heterocycles. The van der Waals surface area contributed by atoms with Gasteiger partial charge in [0.2, 0.25) is 5.89 Å². The van der Waals surface area contributed by atoms with E-state index in [9.17, 15) is 0 Å². The molecule has 6 nitrogen and oxygen atoms in total. The van der Waals surface area contributed by atoms with Crippen LogP contribution in [0.5, 0.6) is 0 Å². The highest BCUT2D eigenvalue weighted by molar-refractivity contribution is 5.39. The van der Waals surface area contributed by atoms with Crippen molar-refractivity contribution in [2.45, 2.75) is 6.42 Å². The molecule has 1 fully saturated rings. The Morgan fingerprint density at radius 1 is 1.11 bits per heavy atom. The molecular formula is C13H16N4O2. The molecule has 2 heterocycles. The fourth-order valence-corrected chi connectivity index (χ4v) is 2.01. The normalized spacial score (nSPS) is 15.7. The van der Waals surface area contributed by atoms with Gasteiger partial charge in [-0.25, -0.2) is 0 Å². The van der Waals surface area contributed by atoms with E-state index in [1.165, 1.54) is 0 Å². The molecule has 100 valence electrons. The van der Waals surface area contributed by atoms with Crippen molar-refractivity contribution in [3.8, 4) is 0 Å². The molecule has 1 aromatic heterocycles. The molecule has 0 aliphatic carbocycles. The second kappa shape index (κ2) is 5.27. The van der Waals surface area contributed by atoms with Gasteiger partial charge in [-0.05, 0) is 17.7 Å². The lowest BCUT2D eigenvalue weighted by molar-refractivity contribution is 0.120. The van der Waals surface area contributed by atoms with Crippen molar-refractivity contribution in [1.29, 1.82) is 0 Å². The summed E-state index contributed by atoms with van der Waals surface area (Å²) >= 11 is 0. The molecular weight excluding hydrogens is 244 g/mol. The maximum Gasteiger partial charge on any atom is 0.318 e. The zero-order valence-corrected chi connectivity index (χ0v) is 10.6. The average molecular weight is 260 g/mol. The monoisotopic (exact) mass is 260 g/mol. The summed E-state index contributed by atoms with van der Waals surface area (Å²) in [6.45, 7) is 3.00. The Morgan fingerprint density at radius 2 is 1.84 bits per heavy atom. The van der Waals surface area contributed by atoms with Crippen LogP contribution in [-0.2, 0) is 11.2 Å². The summed E-state index contributed by atoms with van der Waals surface area (Å²) in [5, 5.41) is 8.16. The molecule has 0 unspecified atom stereocenters. The van der Waals surface area contributed by atoms with Gasteiger partial charge in [-0.1, -0.05) is 17.2 Å². The molecule has 0 amide bonds. The molecule has 1 aromatic carbocycles. The third-order valence-corrected chi connectivity index (χ3v) is 3.07. The summed E-state index contributed by atoms with van der Waals surface area (Å²) in [6.07, 6.45) is 0.623. The number of hydrogen-bond acceptors (Lipinski definition) is 6. The Labute approximate surface area is 111 Å². The Bertz CT molecular complexity index is 532. The van der Waals surface area contributed by atoms with Crippen molar-refractivity contribution in [3.05, 3.63) is 35.7 Å². The topological polar surface area (TPSA) is 77.4 Å². The zero-order valence-electron chi connectivity index (χ0n) is 10.6. The average Bonchev–Trinajstić information content (AvgIpc) is 2.91. The molecule has 0 atom stereocenters. The number of nitrogens with two attached hydrogens (primary N) is 1. The highest BCUT2D eigenvalue weighted by Gasteiger charge is 2.17. The van der Waals surface area contributed by atoms with Crippen molar-refractivity contribution in [3.63, 3.8) is 0 Å². The number of rotatable bonds is 3. The van der Waals surface area contributed by atoms with Crippen LogP contribution < -0.4 is 10.6 Å². The molecule has 2 aromatic rings. The van der Waals surface area contributed by atoms with Gasteiger partial charge in [0, 0.05) is 18.8 Å². The van der Waals surface area contributed by atoms with Gasteiger partial charge in [-0.3, -0.25) is 0 Å². The lowest BCUT2D eigenvalue weighted by atomic mass is 10.1. The molecule has 6 heteroatoms. The minimum atomic E-state index is 0.578. The van der Waals surface area contributed by atoms with Gasteiger partial charge in [0.25, 0.3) is 0 Å². The molecule has 0 saturated carbocycles. The summed E-state index contributed by atoms with van der Waals surface area (Å²) < 4.78 is 11.0. The van der Waals surface area contributed by atoms with Crippen LogP contribution in [0.4, 0.5) is 11.7 Å². The third kappa shape index (κ3) is 2.85. The van der Waals surface area contributed by atoms with Crippen molar-refractivity contribution in [2.75, 3.05) is 36.9 Å². The van der Waals surface area contributed by atoms with Gasteiger partial charge in [-0.15, -0.1) is 5.10 Å². The fourth-order valence-electron chi connectivity index (χ4n) is 2.01. The van der Waals surface area contributed by atoms with Gasteiger partial charge >= 0.3 is 6.01 Å². The van der Waals surface area contributed by atoms with Gasteiger partial charge in [-0.2, -0.15) is 0 Å². The van der Waals surface area contributed by atoms with Crippen LogP contribution in [0.15, 0.2) is 28.7 Å². The Kier molecular flexibility index (Phi) is 3.33. The van der Waals surface area contributed by atoms with Gasteiger partial charge in [0.05, 0.1) is 19.6 Å². The van der Waals surface area contributed by atoms with Gasteiger partial charge in [0.15, 0.2) is 0 Å². The van der Waals surface area contributed by atoms with E-state index >= 15 is 0 Å². The molecule has 1 aliphatic rings. The minimum Gasteiger partial charge on any atom is -0.408 e. The predicted octanol–water partition coefficient (Wildman–Crippen LogP) is 1.08. The van der Waals surface area contributed by atoms with Crippen LogP contribution >= 0.6 is 0 Å². The van der Waals surface area contributed by atoms with E-state index in [1.807, 2.05) is 29.2 Å². The van der Waals surface area contributed by atoms with Crippen molar-refractivity contribution in [2.24, 2.45) is 0 Å². The van der Waals surface area contributed by atoms with Crippen molar-refractivity contribution >= 4 is 11.7 Å². The standard InChI is InChI=1S/C13H16N4O2/c14-11-3-1-10(2-4-11)9-12-15-16-13(19-12)17-5-7-18-8-6-17/h1-4H,5-9,14H2. The second-order valence-electron chi connectivity index (χ2n) is 4.50. The molecule has 1 aliphatic heterocycles. The maximum absolute atomic E-state index is 5.67. The van der Waals surface area contributed by atoms with Crippen molar-refractivity contribution in [1.82, 2.24) is 10.2 Å². The maximum atomic E-state index is 5.67. The fraction of sp³-hybridized carbons (Fsp3) is 0.385. The third-order valence-electron chi connectivity index (χ3n) is 3.07. The highest BCUT2D eigenvalue weighted by atomic mass is 16.5. The van der Waals surface area contributed by atoms with Crippen LogP contribution in [0.25, 0.3) is 0 Å². The lowest BCUT2D eigenvalue weighted by Gasteiger charge is -2.24. The summed E-state index contributed by atoms with van der Waals surface area (Å²) in [5.74, 6) is 0.617. The van der Waals surface area contributed by atoms with E-state index < -0.39 is 0 Å². The molecule has 0 bridgehead atoms. The van der Waals surface area contributed by atoms with E-state index in [0.29, 0.717) is 31.5 Å². The lowest BCUT2D eigenvalue weighted by Crippen LogP contribution is -2.36. The number of morpholine rings is 1. The predicted molar refractivity (Wildman–Crippen MR) is 71.0 cm³/mol. The number of anilines is 2. The number of nitrogens with zero attached hydrogens (tertiary/aromatic N) is 3. The highest BCUT2D eigenvalue weighted by Crippen LogP contribution is 2.16. The van der Waals surface area contributed by atoms with E-state index in [-0.39, 0.29) is 0 Å². The Morgan fingerprint density at radius 3 is 2.58 bits per heavy atom. The number of aromatic nitrogens is 2. The second-order valence-corrected chi connectivity index (χ2v) is 4.50. The van der Waals surface area contributed by atoms with Crippen molar-refractivity contribution < 1.29 is 9.15 Å². The first kappa shape index (κ1) is 12.0. The summed E-state index contributed by atoms with van der Waals surface area (Å²) in [4.78, 5) is 2.04. The van der Waals surface area contributed by atoms with Crippen LogP contribution in [0.3, 0.4) is 0 Å². The molecule has 19 heavy (non-hydrogen) atoms. The SMILES string of the molecule is Nc1ccc(Cc2nnc(N3CCOCC3)o2)cc1. The van der Waals surface area contributed by atoms with Crippen LogP contribution in [0.2, 0.25) is 0 Å². The number of hydrogen-bond donors (Lipinski definition) is 1. The van der Waals surface area contributed by atoms with E-state index in [2.05, 4.69) is 10.2 Å². The smallest absolute Gasteiger partial charge is 0.318 e. The van der Waals surface area contributed by atoms with Gasteiger partial charge < -0.3 is 19.8 Å². The van der Waals surface area contributed by atoms with Crippen LogP contribution in [-0.4, -0.2) is 36.5 Å². The Hall–Kier alpha value is -2.08. The summed E-state index contributed by atoms with van der Waals surface area (Å²) in [7, 11) is 0. The quantitative estimate of drug-likeness (QED) is 0.832. The summed E-state index contributed by atoms with van der Waals surface area (Å²) in [6, 6.07) is 8.25. The van der Waals surface area contributed by atoms with E-state index in [4.69, 9.17) is 14.9 Å². The number of nitrogen functional groups attached to an aromatic ring is 1. The number of ether oxygens (including phenoxy) is 1. The Balaban J connectivity index is 1.68. The minimum absolute atomic E-state index is 0.578.